The van der Waals surface area contributed by atoms with E-state index in [-0.39, 0.29) is 11.5 Å². The minimum atomic E-state index is 0.190. The lowest BCUT2D eigenvalue weighted by Gasteiger charge is -2.23. The van der Waals surface area contributed by atoms with E-state index >= 15 is 0 Å². The number of hydrogen-bond acceptors (Lipinski definition) is 2. The van der Waals surface area contributed by atoms with E-state index in [1.165, 1.54) is 11.1 Å². The number of aryl methyl sites for hydroxylation is 1. The molecule has 0 aliphatic carbocycles. The van der Waals surface area contributed by atoms with E-state index in [1.54, 1.807) is 0 Å². The molecule has 0 amide bonds. The van der Waals surface area contributed by atoms with Crippen LogP contribution in [0.4, 0.5) is 0 Å². The van der Waals surface area contributed by atoms with Crippen LogP contribution >= 0.6 is 0 Å². The first-order valence-electron chi connectivity index (χ1n) is 7.87. The monoisotopic (exact) mass is 277 g/mol. The Balaban J connectivity index is 2.80. The molecule has 2 heteroatoms. The van der Waals surface area contributed by atoms with Crippen molar-refractivity contribution in [2.45, 2.75) is 65.9 Å². The van der Waals surface area contributed by atoms with Gasteiger partial charge in [0, 0.05) is 6.54 Å². The van der Waals surface area contributed by atoms with E-state index in [4.69, 9.17) is 4.74 Å². The fourth-order valence-electron chi connectivity index (χ4n) is 2.26. The van der Waals surface area contributed by atoms with Gasteiger partial charge in [-0.2, -0.15) is 0 Å². The molecule has 0 radical (unpaired) electrons. The molecule has 0 saturated heterocycles. The van der Waals surface area contributed by atoms with Crippen molar-refractivity contribution in [1.29, 1.82) is 0 Å². The molecule has 0 fully saturated rings. The van der Waals surface area contributed by atoms with Gasteiger partial charge in [-0.1, -0.05) is 53.2 Å². The van der Waals surface area contributed by atoms with Crippen LogP contribution in [0.15, 0.2) is 18.2 Å². The summed E-state index contributed by atoms with van der Waals surface area (Å²) in [7, 11) is 0. The van der Waals surface area contributed by atoms with E-state index in [0.29, 0.717) is 0 Å². The van der Waals surface area contributed by atoms with Crippen LogP contribution in [0.25, 0.3) is 0 Å². The van der Waals surface area contributed by atoms with Crippen molar-refractivity contribution in [3.05, 3.63) is 29.3 Å². The summed E-state index contributed by atoms with van der Waals surface area (Å²) in [6.45, 7) is 15.1. The molecule has 0 aliphatic heterocycles. The number of nitrogens with one attached hydrogen (secondary N) is 1. The van der Waals surface area contributed by atoms with Gasteiger partial charge in [0.05, 0.1) is 0 Å². The second-order valence-corrected chi connectivity index (χ2v) is 6.57. The summed E-state index contributed by atoms with van der Waals surface area (Å²) in [5.74, 6) is 1.02. The average Bonchev–Trinajstić information content (AvgIpc) is 2.37. The summed E-state index contributed by atoms with van der Waals surface area (Å²) in [5.41, 5.74) is 2.78. The number of benzene rings is 1. The number of rotatable bonds is 7. The standard InChI is InChI=1S/C18H31NO/c1-7-9-16(13-19-8-2)20-17-11-10-15(12-14(17)3)18(4,5)6/h10-12,16,19H,7-9,13H2,1-6H3. The third-order valence-electron chi connectivity index (χ3n) is 3.57. The van der Waals surface area contributed by atoms with Crippen LogP contribution in [0.1, 0.15) is 58.6 Å². The molecule has 2 nitrogen and oxygen atoms in total. The van der Waals surface area contributed by atoms with Crippen molar-refractivity contribution in [3.8, 4) is 5.75 Å². The highest BCUT2D eigenvalue weighted by Crippen LogP contribution is 2.28. The highest BCUT2D eigenvalue weighted by atomic mass is 16.5. The fraction of sp³-hybridized carbons (Fsp3) is 0.667. The molecule has 1 atom stereocenters. The smallest absolute Gasteiger partial charge is 0.122 e. The Bertz CT molecular complexity index is 406. The van der Waals surface area contributed by atoms with Crippen LogP contribution in [0.2, 0.25) is 0 Å². The third kappa shape index (κ3) is 5.16. The molecule has 1 aromatic carbocycles. The normalized spacial score (nSPS) is 13.3. The van der Waals surface area contributed by atoms with Gasteiger partial charge in [-0.15, -0.1) is 0 Å². The topological polar surface area (TPSA) is 21.3 Å². The first-order chi connectivity index (χ1) is 9.38. The third-order valence-corrected chi connectivity index (χ3v) is 3.57. The molecule has 1 aromatic rings. The molecule has 0 spiro atoms. The number of hydrogen-bond donors (Lipinski definition) is 1. The van der Waals surface area contributed by atoms with Crippen molar-refractivity contribution in [2.24, 2.45) is 0 Å². The maximum Gasteiger partial charge on any atom is 0.122 e. The Kier molecular flexibility index (Phi) is 6.54. The zero-order valence-corrected chi connectivity index (χ0v) is 14.0. The molecule has 1 N–H and O–H groups in total. The lowest BCUT2D eigenvalue weighted by Crippen LogP contribution is -2.31. The molecule has 0 aromatic heterocycles. The van der Waals surface area contributed by atoms with Crippen LogP contribution in [-0.2, 0) is 5.41 Å². The Labute approximate surface area is 124 Å². The highest BCUT2D eigenvalue weighted by Gasteiger charge is 2.16. The molecule has 0 saturated carbocycles. The molecule has 0 heterocycles. The minimum absolute atomic E-state index is 0.190. The van der Waals surface area contributed by atoms with E-state index in [0.717, 1.165) is 31.7 Å². The average molecular weight is 277 g/mol. The van der Waals surface area contributed by atoms with Gasteiger partial charge in [0.1, 0.15) is 11.9 Å². The second kappa shape index (κ2) is 7.68. The van der Waals surface area contributed by atoms with Crippen molar-refractivity contribution in [2.75, 3.05) is 13.1 Å². The van der Waals surface area contributed by atoms with E-state index < -0.39 is 0 Å². The Hall–Kier alpha value is -1.02. The Morgan fingerprint density at radius 1 is 1.20 bits per heavy atom. The van der Waals surface area contributed by atoms with Gasteiger partial charge in [0.15, 0.2) is 0 Å². The van der Waals surface area contributed by atoms with Crippen LogP contribution in [0, 0.1) is 6.92 Å². The quantitative estimate of drug-likeness (QED) is 0.795. The first kappa shape index (κ1) is 17.0. The minimum Gasteiger partial charge on any atom is -0.489 e. The summed E-state index contributed by atoms with van der Waals surface area (Å²) < 4.78 is 6.19. The van der Waals surface area contributed by atoms with Gasteiger partial charge in [-0.3, -0.25) is 0 Å². The zero-order valence-electron chi connectivity index (χ0n) is 14.0. The fourth-order valence-corrected chi connectivity index (χ4v) is 2.26. The van der Waals surface area contributed by atoms with Crippen LogP contribution in [-0.4, -0.2) is 19.2 Å². The molecule has 1 rings (SSSR count). The summed E-state index contributed by atoms with van der Waals surface area (Å²) in [4.78, 5) is 0. The predicted molar refractivity (Wildman–Crippen MR) is 87.7 cm³/mol. The van der Waals surface area contributed by atoms with Crippen LogP contribution in [0.5, 0.6) is 5.75 Å². The summed E-state index contributed by atoms with van der Waals surface area (Å²) >= 11 is 0. The van der Waals surface area contributed by atoms with Crippen LogP contribution in [0.3, 0.4) is 0 Å². The summed E-state index contributed by atoms with van der Waals surface area (Å²) in [6.07, 6.45) is 2.50. The van der Waals surface area contributed by atoms with Crippen molar-refractivity contribution in [3.63, 3.8) is 0 Å². The molecule has 0 bridgehead atoms. The van der Waals surface area contributed by atoms with E-state index in [1.807, 2.05) is 0 Å². The maximum absolute atomic E-state index is 6.19. The maximum atomic E-state index is 6.19. The van der Waals surface area contributed by atoms with E-state index in [2.05, 4.69) is 65.1 Å². The first-order valence-corrected chi connectivity index (χ1v) is 7.87. The van der Waals surface area contributed by atoms with Crippen molar-refractivity contribution < 1.29 is 4.74 Å². The Morgan fingerprint density at radius 2 is 1.90 bits per heavy atom. The molecule has 114 valence electrons. The summed E-state index contributed by atoms with van der Waals surface area (Å²) in [6, 6.07) is 6.58. The number of likely N-dealkylation sites (N-methyl/N-ethyl adjacent to an activating group) is 1. The molecule has 1 unspecified atom stereocenters. The van der Waals surface area contributed by atoms with Gasteiger partial charge in [0.25, 0.3) is 0 Å². The molecular formula is C18H31NO. The molecule has 0 aliphatic rings. The SMILES string of the molecule is CCCC(CNCC)Oc1ccc(C(C)(C)C)cc1C. The molecule has 20 heavy (non-hydrogen) atoms. The van der Waals surface area contributed by atoms with Gasteiger partial charge >= 0.3 is 0 Å². The van der Waals surface area contributed by atoms with Gasteiger partial charge in [-0.05, 0) is 42.5 Å². The Morgan fingerprint density at radius 3 is 2.40 bits per heavy atom. The second-order valence-electron chi connectivity index (χ2n) is 6.57. The van der Waals surface area contributed by atoms with Gasteiger partial charge in [0.2, 0.25) is 0 Å². The van der Waals surface area contributed by atoms with Crippen LogP contribution < -0.4 is 10.1 Å². The van der Waals surface area contributed by atoms with E-state index in [9.17, 15) is 0 Å². The van der Waals surface area contributed by atoms with Gasteiger partial charge in [-0.25, -0.2) is 0 Å². The lowest BCUT2D eigenvalue weighted by atomic mass is 9.86. The number of ether oxygens (including phenoxy) is 1. The van der Waals surface area contributed by atoms with Crippen molar-refractivity contribution in [1.82, 2.24) is 5.32 Å². The highest BCUT2D eigenvalue weighted by molar-refractivity contribution is 5.38. The predicted octanol–water partition coefficient (Wildman–Crippen LogP) is 4.45. The lowest BCUT2D eigenvalue weighted by molar-refractivity contribution is 0.186. The van der Waals surface area contributed by atoms with Crippen molar-refractivity contribution >= 4 is 0 Å². The molecular weight excluding hydrogens is 246 g/mol. The summed E-state index contributed by atoms with van der Waals surface area (Å²) in [5, 5.41) is 3.38. The largest absolute Gasteiger partial charge is 0.489 e. The zero-order chi connectivity index (χ0) is 15.2. The van der Waals surface area contributed by atoms with Gasteiger partial charge < -0.3 is 10.1 Å².